The molecule has 1 saturated carbocycles. The summed E-state index contributed by atoms with van der Waals surface area (Å²) in [6, 6.07) is 0. The van der Waals surface area contributed by atoms with E-state index >= 15 is 0 Å². The zero-order valence-corrected chi connectivity index (χ0v) is 14.4. The Bertz CT molecular complexity index is 389. The molecule has 0 aromatic heterocycles. The molecule has 0 aliphatic heterocycles. The second kappa shape index (κ2) is 11.4. The Morgan fingerprint density at radius 3 is 2.48 bits per heavy atom. The summed E-state index contributed by atoms with van der Waals surface area (Å²) in [5, 5.41) is 18.5. The molecule has 1 fully saturated rings. The summed E-state index contributed by atoms with van der Waals surface area (Å²) >= 11 is 0. The van der Waals surface area contributed by atoms with Crippen LogP contribution in [0.15, 0.2) is 12.2 Å². The molecule has 4 heteroatoms. The maximum atomic E-state index is 12.0. The van der Waals surface area contributed by atoms with Crippen molar-refractivity contribution in [1.29, 1.82) is 0 Å². The van der Waals surface area contributed by atoms with Crippen molar-refractivity contribution in [1.82, 2.24) is 0 Å². The highest BCUT2D eigenvalue weighted by Crippen LogP contribution is 2.44. The molecule has 2 N–H and O–H groups in total. The van der Waals surface area contributed by atoms with Gasteiger partial charge in [-0.3, -0.25) is 9.59 Å². The number of hydrogen-bond donors (Lipinski definition) is 2. The summed E-state index contributed by atoms with van der Waals surface area (Å²) in [7, 11) is 0. The predicted molar refractivity (Wildman–Crippen MR) is 91.2 cm³/mol. The monoisotopic (exact) mass is 324 g/mol. The van der Waals surface area contributed by atoms with Crippen molar-refractivity contribution in [2.24, 2.45) is 11.8 Å². The number of carbonyl (C=O) groups excluding carboxylic acids is 1. The number of carboxylic acid groups (broad SMARTS) is 1. The summed E-state index contributed by atoms with van der Waals surface area (Å²) in [6.07, 6.45) is 12.5. The lowest BCUT2D eigenvalue weighted by molar-refractivity contribution is -0.137. The number of allylic oxidation sites excluding steroid dienone is 2. The van der Waals surface area contributed by atoms with E-state index in [0.29, 0.717) is 31.1 Å². The van der Waals surface area contributed by atoms with Crippen molar-refractivity contribution in [3.63, 3.8) is 0 Å². The van der Waals surface area contributed by atoms with E-state index in [1.54, 1.807) is 0 Å². The van der Waals surface area contributed by atoms with Crippen LogP contribution in [0.4, 0.5) is 0 Å². The molecule has 3 atom stereocenters. The number of ketones is 1. The number of carboxylic acids is 1. The van der Waals surface area contributed by atoms with Gasteiger partial charge in [-0.25, -0.2) is 0 Å². The van der Waals surface area contributed by atoms with Crippen LogP contribution in [-0.2, 0) is 9.59 Å². The summed E-state index contributed by atoms with van der Waals surface area (Å²) < 4.78 is 0. The van der Waals surface area contributed by atoms with Gasteiger partial charge < -0.3 is 10.2 Å². The number of carbonyl (C=O) groups is 2. The molecule has 132 valence electrons. The van der Waals surface area contributed by atoms with Gasteiger partial charge in [0.05, 0.1) is 0 Å². The summed E-state index contributed by atoms with van der Waals surface area (Å²) in [4.78, 5) is 22.3. The van der Waals surface area contributed by atoms with Crippen molar-refractivity contribution in [3.8, 4) is 0 Å². The standard InChI is InChI=1S/C19H32O4/c1-2-3-7-10-15-13-16(15)14-18(21)17(20)11-8-5-4-6-9-12-19(22)23/h3,7,15-17,20H,2,4-6,8-14H2,1H3,(H,22,23)/b7-3-. The normalized spacial score (nSPS) is 21.5. The number of aliphatic hydroxyl groups excluding tert-OH is 1. The van der Waals surface area contributed by atoms with E-state index in [9.17, 15) is 14.7 Å². The van der Waals surface area contributed by atoms with Crippen LogP contribution >= 0.6 is 0 Å². The summed E-state index contributed by atoms with van der Waals surface area (Å²) in [5.41, 5.74) is 0. The molecule has 1 aliphatic carbocycles. The molecule has 0 radical (unpaired) electrons. The fourth-order valence-corrected chi connectivity index (χ4v) is 2.99. The van der Waals surface area contributed by atoms with Crippen LogP contribution < -0.4 is 0 Å². The number of aliphatic hydroxyl groups is 1. The second-order valence-electron chi connectivity index (χ2n) is 6.76. The summed E-state index contributed by atoms with van der Waals surface area (Å²) in [5.74, 6) is 0.385. The Hall–Kier alpha value is -1.16. The first-order valence-electron chi connectivity index (χ1n) is 9.12. The Labute approximate surface area is 140 Å². The molecule has 0 amide bonds. The number of unbranched alkanes of at least 4 members (excludes halogenated alkanes) is 4. The second-order valence-corrected chi connectivity index (χ2v) is 6.76. The molecular formula is C19H32O4. The van der Waals surface area contributed by atoms with E-state index in [0.717, 1.165) is 44.9 Å². The first-order valence-corrected chi connectivity index (χ1v) is 9.12. The van der Waals surface area contributed by atoms with Crippen molar-refractivity contribution in [2.45, 2.75) is 83.7 Å². The number of rotatable bonds is 14. The van der Waals surface area contributed by atoms with E-state index in [-0.39, 0.29) is 12.2 Å². The van der Waals surface area contributed by atoms with Gasteiger partial charge >= 0.3 is 5.97 Å². The Morgan fingerprint density at radius 2 is 1.78 bits per heavy atom. The third-order valence-electron chi connectivity index (χ3n) is 4.61. The third-order valence-corrected chi connectivity index (χ3v) is 4.61. The number of Topliss-reactive ketones (excluding diaryl/α,β-unsaturated/α-hetero) is 1. The molecule has 3 unspecified atom stereocenters. The lowest BCUT2D eigenvalue weighted by atomic mass is 10.0. The molecule has 0 heterocycles. The first-order chi connectivity index (χ1) is 11.0. The van der Waals surface area contributed by atoms with Crippen molar-refractivity contribution < 1.29 is 19.8 Å². The topological polar surface area (TPSA) is 74.6 Å². The van der Waals surface area contributed by atoms with Crippen LogP contribution in [0.2, 0.25) is 0 Å². The van der Waals surface area contributed by atoms with Crippen LogP contribution in [0.5, 0.6) is 0 Å². The van der Waals surface area contributed by atoms with E-state index < -0.39 is 12.1 Å². The number of hydrogen-bond acceptors (Lipinski definition) is 3. The van der Waals surface area contributed by atoms with Gasteiger partial charge in [0.15, 0.2) is 5.78 Å². The van der Waals surface area contributed by atoms with Crippen molar-refractivity contribution in [3.05, 3.63) is 12.2 Å². The van der Waals surface area contributed by atoms with Gasteiger partial charge in [0.2, 0.25) is 0 Å². The maximum Gasteiger partial charge on any atom is 0.303 e. The van der Waals surface area contributed by atoms with Crippen LogP contribution in [0.1, 0.15) is 77.6 Å². The quantitative estimate of drug-likeness (QED) is 0.372. The van der Waals surface area contributed by atoms with Crippen LogP contribution in [0, 0.1) is 11.8 Å². The highest BCUT2D eigenvalue weighted by Gasteiger charge is 2.38. The Morgan fingerprint density at radius 1 is 1.09 bits per heavy atom. The van der Waals surface area contributed by atoms with Crippen molar-refractivity contribution >= 4 is 11.8 Å². The fraction of sp³-hybridized carbons (Fsp3) is 0.789. The molecule has 1 rings (SSSR count). The van der Waals surface area contributed by atoms with E-state index in [1.165, 1.54) is 0 Å². The number of aliphatic carboxylic acids is 1. The van der Waals surface area contributed by atoms with Crippen LogP contribution in [0.25, 0.3) is 0 Å². The molecule has 0 aromatic carbocycles. The molecule has 4 nitrogen and oxygen atoms in total. The predicted octanol–water partition coefficient (Wildman–Crippen LogP) is 4.11. The maximum absolute atomic E-state index is 12.0. The third kappa shape index (κ3) is 9.54. The summed E-state index contributed by atoms with van der Waals surface area (Å²) in [6.45, 7) is 2.12. The molecule has 0 saturated heterocycles. The molecular weight excluding hydrogens is 292 g/mol. The minimum Gasteiger partial charge on any atom is -0.481 e. The zero-order chi connectivity index (χ0) is 17.1. The highest BCUT2D eigenvalue weighted by molar-refractivity contribution is 5.83. The van der Waals surface area contributed by atoms with Gasteiger partial charge in [-0.1, -0.05) is 44.8 Å². The Balaban J connectivity index is 2.00. The smallest absolute Gasteiger partial charge is 0.303 e. The largest absolute Gasteiger partial charge is 0.481 e. The lowest BCUT2D eigenvalue weighted by Crippen LogP contribution is -2.20. The lowest BCUT2D eigenvalue weighted by Gasteiger charge is -2.09. The fourth-order valence-electron chi connectivity index (χ4n) is 2.99. The SMILES string of the molecule is CC/C=C\CC1CC1CC(=O)C(O)CCCCCCCC(=O)O. The molecule has 0 bridgehead atoms. The van der Waals surface area contributed by atoms with Gasteiger partial charge in [-0.15, -0.1) is 0 Å². The van der Waals surface area contributed by atoms with Gasteiger partial charge in [0.25, 0.3) is 0 Å². The van der Waals surface area contributed by atoms with E-state index in [1.807, 2.05) is 0 Å². The molecule has 23 heavy (non-hydrogen) atoms. The van der Waals surface area contributed by atoms with Gasteiger partial charge in [0, 0.05) is 12.8 Å². The first kappa shape index (κ1) is 19.9. The average Bonchev–Trinajstić information content (AvgIpc) is 3.24. The molecule has 0 spiro atoms. The average molecular weight is 324 g/mol. The highest BCUT2D eigenvalue weighted by atomic mass is 16.4. The zero-order valence-electron chi connectivity index (χ0n) is 14.4. The van der Waals surface area contributed by atoms with E-state index in [2.05, 4.69) is 19.1 Å². The van der Waals surface area contributed by atoms with Crippen molar-refractivity contribution in [2.75, 3.05) is 0 Å². The van der Waals surface area contributed by atoms with Gasteiger partial charge in [-0.05, 0) is 43.9 Å². The minimum absolute atomic E-state index is 0.00264. The van der Waals surface area contributed by atoms with Gasteiger partial charge in [0.1, 0.15) is 6.10 Å². The molecule has 0 aromatic rings. The Kier molecular flexibility index (Phi) is 9.85. The van der Waals surface area contributed by atoms with Crippen LogP contribution in [-0.4, -0.2) is 28.1 Å². The van der Waals surface area contributed by atoms with Gasteiger partial charge in [-0.2, -0.15) is 0 Å². The van der Waals surface area contributed by atoms with Crippen LogP contribution in [0.3, 0.4) is 0 Å². The van der Waals surface area contributed by atoms with E-state index in [4.69, 9.17) is 5.11 Å². The minimum atomic E-state index is -0.804. The molecule has 1 aliphatic rings.